The summed E-state index contributed by atoms with van der Waals surface area (Å²) < 4.78 is 13.6. The molecule has 0 aliphatic carbocycles. The quantitative estimate of drug-likeness (QED) is 0.867. The van der Waals surface area contributed by atoms with Crippen molar-refractivity contribution in [3.8, 4) is 11.8 Å². The monoisotopic (exact) mass is 323 g/mol. The van der Waals surface area contributed by atoms with Gasteiger partial charge in [-0.1, -0.05) is 18.2 Å². The summed E-state index contributed by atoms with van der Waals surface area (Å²) in [5.74, 6) is 0.719. The molecule has 0 bridgehead atoms. The Morgan fingerprint density at radius 2 is 2.11 bits per heavy atom. The Morgan fingerprint density at radius 1 is 1.26 bits per heavy atom. The lowest BCUT2D eigenvalue weighted by molar-refractivity contribution is -0.0414. The van der Waals surface area contributed by atoms with Gasteiger partial charge in [-0.2, -0.15) is 4.98 Å². The van der Waals surface area contributed by atoms with Gasteiger partial charge in [0, 0.05) is 6.61 Å². The fourth-order valence-electron chi connectivity index (χ4n) is 2.02. The van der Waals surface area contributed by atoms with Crippen molar-refractivity contribution in [2.45, 2.75) is 25.5 Å². The highest BCUT2D eigenvalue weighted by atomic mass is 79.9. The van der Waals surface area contributed by atoms with Crippen LogP contribution in [0, 0.1) is 0 Å². The van der Waals surface area contributed by atoms with Crippen LogP contribution in [-0.2, 0) is 4.74 Å². The van der Waals surface area contributed by atoms with E-state index in [9.17, 15) is 0 Å². The summed E-state index contributed by atoms with van der Waals surface area (Å²) in [6, 6.07) is 9.81. The van der Waals surface area contributed by atoms with E-state index in [0.717, 1.165) is 31.6 Å². The van der Waals surface area contributed by atoms with Crippen LogP contribution in [0.15, 0.2) is 35.1 Å². The van der Waals surface area contributed by atoms with Crippen LogP contribution in [0.25, 0.3) is 0 Å². The first-order chi connectivity index (χ1) is 9.33. The molecule has 3 rings (SSSR count). The fraction of sp³-hybridized carbons (Fsp3) is 0.385. The normalized spacial score (nSPS) is 19.3. The number of aromatic nitrogens is 3. The molecule has 19 heavy (non-hydrogen) atoms. The van der Waals surface area contributed by atoms with E-state index in [1.165, 1.54) is 0 Å². The molecular formula is C13H14BrN3O2. The van der Waals surface area contributed by atoms with Crippen LogP contribution in [0.1, 0.15) is 25.5 Å². The minimum atomic E-state index is -0.0521. The molecule has 0 radical (unpaired) electrons. The molecule has 0 amide bonds. The van der Waals surface area contributed by atoms with E-state index >= 15 is 0 Å². The number of benzene rings is 1. The average molecular weight is 324 g/mol. The lowest BCUT2D eigenvalue weighted by atomic mass is 10.2. The van der Waals surface area contributed by atoms with Crippen molar-refractivity contribution in [1.29, 1.82) is 0 Å². The van der Waals surface area contributed by atoms with Crippen LogP contribution < -0.4 is 4.74 Å². The van der Waals surface area contributed by atoms with Crippen molar-refractivity contribution in [1.82, 2.24) is 14.8 Å². The van der Waals surface area contributed by atoms with Crippen LogP contribution in [0.4, 0.5) is 0 Å². The zero-order valence-corrected chi connectivity index (χ0v) is 11.9. The highest BCUT2D eigenvalue weighted by Crippen LogP contribution is 2.27. The van der Waals surface area contributed by atoms with E-state index in [-0.39, 0.29) is 6.23 Å². The molecular weight excluding hydrogens is 310 g/mol. The molecule has 2 heterocycles. The summed E-state index contributed by atoms with van der Waals surface area (Å²) in [6.07, 6.45) is 3.15. The van der Waals surface area contributed by atoms with E-state index in [1.807, 2.05) is 30.3 Å². The second-order valence-electron chi connectivity index (χ2n) is 4.34. The summed E-state index contributed by atoms with van der Waals surface area (Å²) in [5.41, 5.74) is 0. The van der Waals surface area contributed by atoms with Crippen molar-refractivity contribution in [2.24, 2.45) is 0 Å². The maximum absolute atomic E-state index is 5.68. The molecule has 1 fully saturated rings. The van der Waals surface area contributed by atoms with Crippen molar-refractivity contribution in [3.63, 3.8) is 0 Å². The number of halogens is 1. The van der Waals surface area contributed by atoms with Gasteiger partial charge in [-0.05, 0) is 47.3 Å². The highest BCUT2D eigenvalue weighted by Gasteiger charge is 2.21. The summed E-state index contributed by atoms with van der Waals surface area (Å²) in [6.45, 7) is 0.770. The van der Waals surface area contributed by atoms with Gasteiger partial charge in [-0.15, -0.1) is 5.10 Å². The Labute approximate surface area is 119 Å². The summed E-state index contributed by atoms with van der Waals surface area (Å²) >= 11 is 3.40. The van der Waals surface area contributed by atoms with Crippen LogP contribution in [0.2, 0.25) is 0 Å². The van der Waals surface area contributed by atoms with E-state index in [2.05, 4.69) is 26.0 Å². The molecule has 1 aromatic carbocycles. The molecule has 1 atom stereocenters. The third kappa shape index (κ3) is 2.96. The average Bonchev–Trinajstić information content (AvgIpc) is 2.82. The van der Waals surface area contributed by atoms with E-state index in [0.29, 0.717) is 10.7 Å². The second-order valence-corrected chi connectivity index (χ2v) is 5.05. The van der Waals surface area contributed by atoms with Gasteiger partial charge >= 0.3 is 6.01 Å². The second kappa shape index (κ2) is 5.71. The molecule has 0 spiro atoms. The van der Waals surface area contributed by atoms with Crippen LogP contribution in [0.3, 0.4) is 0 Å². The van der Waals surface area contributed by atoms with Gasteiger partial charge in [0.05, 0.1) is 0 Å². The van der Waals surface area contributed by atoms with E-state index < -0.39 is 0 Å². The maximum atomic E-state index is 5.68. The zero-order valence-electron chi connectivity index (χ0n) is 10.3. The molecule has 100 valence electrons. The molecule has 2 aromatic rings. The van der Waals surface area contributed by atoms with Gasteiger partial charge in [0.15, 0.2) is 6.23 Å². The summed E-state index contributed by atoms with van der Waals surface area (Å²) in [4.78, 5) is 4.25. The highest BCUT2D eigenvalue weighted by molar-refractivity contribution is 9.10. The van der Waals surface area contributed by atoms with Gasteiger partial charge in [-0.3, -0.25) is 0 Å². The van der Waals surface area contributed by atoms with Crippen molar-refractivity contribution in [3.05, 3.63) is 35.1 Å². The number of hydrogen-bond acceptors (Lipinski definition) is 4. The summed E-state index contributed by atoms with van der Waals surface area (Å²) in [7, 11) is 0. The van der Waals surface area contributed by atoms with E-state index in [1.54, 1.807) is 4.68 Å². The summed E-state index contributed by atoms with van der Waals surface area (Å²) in [5, 5.41) is 4.34. The van der Waals surface area contributed by atoms with Gasteiger partial charge in [0.25, 0.3) is 0 Å². The Kier molecular flexibility index (Phi) is 3.79. The Hall–Kier alpha value is -1.40. The molecule has 0 N–H and O–H groups in total. The predicted molar refractivity (Wildman–Crippen MR) is 73.1 cm³/mol. The molecule has 1 aromatic heterocycles. The minimum Gasteiger partial charge on any atom is -0.423 e. The first-order valence-electron chi connectivity index (χ1n) is 6.29. The van der Waals surface area contributed by atoms with Crippen LogP contribution >= 0.6 is 15.9 Å². The minimum absolute atomic E-state index is 0.0521. The van der Waals surface area contributed by atoms with Gasteiger partial charge in [0.1, 0.15) is 5.75 Å². The van der Waals surface area contributed by atoms with E-state index in [4.69, 9.17) is 9.47 Å². The molecule has 1 aliphatic heterocycles. The maximum Gasteiger partial charge on any atom is 0.342 e. The first kappa shape index (κ1) is 12.6. The fourth-order valence-corrected chi connectivity index (χ4v) is 2.48. The lowest BCUT2D eigenvalue weighted by Gasteiger charge is -2.22. The number of para-hydroxylation sites is 1. The standard InChI is InChI=1S/C13H14BrN3O2/c14-12-15-13(19-10-6-2-1-3-7-10)16-17(12)11-8-4-5-9-18-11/h1-3,6-7,11H,4-5,8-9H2. The first-order valence-corrected chi connectivity index (χ1v) is 7.09. The Morgan fingerprint density at radius 3 is 2.84 bits per heavy atom. The van der Waals surface area contributed by atoms with Crippen LogP contribution in [-0.4, -0.2) is 21.4 Å². The number of hydrogen-bond donors (Lipinski definition) is 0. The molecule has 1 aliphatic rings. The predicted octanol–water partition coefficient (Wildman–Crippen LogP) is 3.53. The molecule has 1 unspecified atom stereocenters. The Bertz CT molecular complexity index is 538. The Balaban J connectivity index is 1.77. The van der Waals surface area contributed by atoms with Crippen molar-refractivity contribution >= 4 is 15.9 Å². The van der Waals surface area contributed by atoms with Gasteiger partial charge in [-0.25, -0.2) is 4.68 Å². The lowest BCUT2D eigenvalue weighted by Crippen LogP contribution is -2.19. The topological polar surface area (TPSA) is 49.2 Å². The zero-order chi connectivity index (χ0) is 13.1. The molecule has 0 saturated carbocycles. The van der Waals surface area contributed by atoms with Crippen molar-refractivity contribution < 1.29 is 9.47 Å². The van der Waals surface area contributed by atoms with Crippen LogP contribution in [0.5, 0.6) is 11.8 Å². The third-order valence-corrected chi connectivity index (χ3v) is 3.49. The molecule has 6 heteroatoms. The number of ether oxygens (including phenoxy) is 2. The molecule has 1 saturated heterocycles. The number of rotatable bonds is 3. The SMILES string of the molecule is Brc1nc(Oc2ccccc2)nn1C1CCCCO1. The smallest absolute Gasteiger partial charge is 0.342 e. The largest absolute Gasteiger partial charge is 0.423 e. The third-order valence-electron chi connectivity index (χ3n) is 2.95. The number of nitrogens with zero attached hydrogens (tertiary/aromatic N) is 3. The van der Waals surface area contributed by atoms with Gasteiger partial charge in [0.2, 0.25) is 4.73 Å². The van der Waals surface area contributed by atoms with Crippen molar-refractivity contribution in [2.75, 3.05) is 6.61 Å². The molecule has 5 nitrogen and oxygen atoms in total. The van der Waals surface area contributed by atoms with Gasteiger partial charge < -0.3 is 9.47 Å².